The number of nitrogens with one attached hydrogen (secondary N) is 2. The van der Waals surface area contributed by atoms with Gasteiger partial charge in [-0.25, -0.2) is 10.00 Å². The molecule has 0 aliphatic rings. The van der Waals surface area contributed by atoms with Gasteiger partial charge in [0.25, 0.3) is 5.91 Å². The summed E-state index contributed by atoms with van der Waals surface area (Å²) in [6.45, 7) is 3.89. The van der Waals surface area contributed by atoms with Gasteiger partial charge in [-0.1, -0.05) is 12.6 Å². The second kappa shape index (κ2) is 7.88. The minimum Gasteiger partial charge on any atom is -0.376 e. The van der Waals surface area contributed by atoms with E-state index in [4.69, 9.17) is 4.84 Å². The summed E-state index contributed by atoms with van der Waals surface area (Å²) in [5.41, 5.74) is 7.16. The van der Waals surface area contributed by atoms with E-state index in [2.05, 4.69) is 22.0 Å². The molecule has 7 heteroatoms. The summed E-state index contributed by atoms with van der Waals surface area (Å²) >= 11 is 0. The molecular weight excluding hydrogens is 381 g/mol. The van der Waals surface area contributed by atoms with Crippen LogP contribution in [0.3, 0.4) is 0 Å². The number of hydrogen-bond donors (Lipinski definition) is 2. The number of carbonyl (C=O) groups excluding carboxylic acids is 1. The first-order valence-electron chi connectivity index (χ1n) is 7.16. The number of aromatic nitrogens is 2. The van der Waals surface area contributed by atoms with Gasteiger partial charge in [0.1, 0.15) is 0 Å². The first-order chi connectivity index (χ1) is 11.1. The number of hydrogen-bond acceptors (Lipinski definition) is 4. The van der Waals surface area contributed by atoms with Crippen molar-refractivity contribution in [1.82, 2.24) is 15.1 Å². The van der Waals surface area contributed by atoms with Crippen molar-refractivity contribution >= 4 is 22.8 Å². The van der Waals surface area contributed by atoms with Crippen molar-refractivity contribution in [1.29, 1.82) is 0 Å². The quantitative estimate of drug-likeness (QED) is 0.524. The molecular formula is C17H17N4O2Y-. The molecule has 1 amide bonds. The maximum Gasteiger partial charge on any atom is 0.277 e. The molecule has 0 atom stereocenters. The van der Waals surface area contributed by atoms with Crippen LogP contribution in [0.2, 0.25) is 0 Å². The first-order valence-corrected chi connectivity index (χ1v) is 7.16. The zero-order valence-electron chi connectivity index (χ0n) is 13.8. The summed E-state index contributed by atoms with van der Waals surface area (Å²) in [6, 6.07) is 12.3. The van der Waals surface area contributed by atoms with Crippen molar-refractivity contribution in [3.8, 4) is 0 Å². The van der Waals surface area contributed by atoms with E-state index >= 15 is 0 Å². The Kier molecular flexibility index (Phi) is 6.10. The number of anilines is 2. The van der Waals surface area contributed by atoms with Crippen LogP contribution >= 0.6 is 0 Å². The third kappa shape index (κ3) is 3.51. The van der Waals surface area contributed by atoms with Gasteiger partial charge in [-0.05, 0) is 19.1 Å². The second-order valence-electron chi connectivity index (χ2n) is 5.19. The molecule has 1 radical (unpaired) electrons. The Morgan fingerprint density at radius 1 is 1.33 bits per heavy atom. The normalized spacial score (nSPS) is 10.3. The Balaban J connectivity index is 0.00000208. The molecule has 3 rings (SSSR count). The number of carbonyl (C=O) groups is 1. The predicted octanol–water partition coefficient (Wildman–Crippen LogP) is 2.78. The number of amides is 1. The Morgan fingerprint density at radius 2 is 2.12 bits per heavy atom. The monoisotopic (exact) mass is 398 g/mol. The standard InChI is InChI=1S/C17H17N4O2.Y/c1-11-6-4-5-7-15(11)19-16-12(2)21-13(8-9-18-21)10-14(16)17(22)20-23-3;/h5-10,19H,1-3H3,(H,20,22);/q-1;. The third-order valence-electron chi connectivity index (χ3n) is 3.68. The number of hydroxylamine groups is 1. The number of benzene rings is 1. The number of pyridine rings is 1. The molecule has 3 aromatic rings. The molecule has 2 aromatic heterocycles. The Labute approximate surface area is 165 Å². The second-order valence-corrected chi connectivity index (χ2v) is 5.19. The van der Waals surface area contributed by atoms with E-state index in [-0.39, 0.29) is 38.6 Å². The predicted molar refractivity (Wildman–Crippen MR) is 87.7 cm³/mol. The van der Waals surface area contributed by atoms with Gasteiger partial charge in [-0.3, -0.25) is 9.63 Å². The molecule has 2 N–H and O–H groups in total. The zero-order chi connectivity index (χ0) is 16.4. The zero-order valence-corrected chi connectivity index (χ0v) is 16.6. The summed E-state index contributed by atoms with van der Waals surface area (Å²) in [6.07, 6.45) is 1.70. The molecule has 1 aromatic carbocycles. The van der Waals surface area contributed by atoms with Crippen LogP contribution in [0.15, 0.2) is 36.5 Å². The fourth-order valence-corrected chi connectivity index (χ4v) is 2.50. The van der Waals surface area contributed by atoms with E-state index in [0.29, 0.717) is 11.3 Å². The Bertz CT molecular complexity index is 876. The van der Waals surface area contributed by atoms with Crippen LogP contribution in [0.1, 0.15) is 21.6 Å². The summed E-state index contributed by atoms with van der Waals surface area (Å²) in [7, 11) is 1.41. The Hall–Kier alpha value is -1.76. The van der Waals surface area contributed by atoms with Crippen LogP contribution in [0.4, 0.5) is 11.4 Å². The maximum absolute atomic E-state index is 12.3. The number of fused-ring (bicyclic) bond motifs is 1. The molecule has 2 heterocycles. The average Bonchev–Trinajstić information content (AvgIpc) is 3.00. The van der Waals surface area contributed by atoms with E-state index in [0.717, 1.165) is 22.5 Å². The smallest absolute Gasteiger partial charge is 0.277 e. The molecule has 0 fully saturated rings. The topological polar surface area (TPSA) is 67.7 Å². The molecule has 0 aliphatic carbocycles. The van der Waals surface area contributed by atoms with Crippen LogP contribution < -0.4 is 10.8 Å². The molecule has 0 unspecified atom stereocenters. The molecule has 0 saturated carbocycles. The fourth-order valence-electron chi connectivity index (χ4n) is 2.50. The van der Waals surface area contributed by atoms with Gasteiger partial charge >= 0.3 is 0 Å². The average molecular weight is 398 g/mol. The summed E-state index contributed by atoms with van der Waals surface area (Å²) < 4.78 is 1.79. The van der Waals surface area contributed by atoms with E-state index < -0.39 is 0 Å². The van der Waals surface area contributed by atoms with Gasteiger partial charge in [0, 0.05) is 38.9 Å². The minimum atomic E-state index is -0.318. The number of nitrogens with zero attached hydrogens (tertiary/aromatic N) is 2. The van der Waals surface area contributed by atoms with E-state index in [1.54, 1.807) is 16.8 Å². The van der Waals surface area contributed by atoms with Gasteiger partial charge < -0.3 is 5.32 Å². The van der Waals surface area contributed by atoms with Crippen molar-refractivity contribution in [2.24, 2.45) is 0 Å². The van der Waals surface area contributed by atoms with E-state index in [9.17, 15) is 4.79 Å². The Morgan fingerprint density at radius 3 is 2.83 bits per heavy atom. The van der Waals surface area contributed by atoms with Crippen LogP contribution in [0, 0.1) is 19.9 Å². The molecule has 0 bridgehead atoms. The summed E-state index contributed by atoms with van der Waals surface area (Å²) in [5, 5.41) is 7.63. The van der Waals surface area contributed by atoms with Crippen LogP contribution in [0.25, 0.3) is 5.52 Å². The van der Waals surface area contributed by atoms with Crippen LogP contribution in [0.5, 0.6) is 0 Å². The summed E-state index contributed by atoms with van der Waals surface area (Å²) in [5.74, 6) is -0.318. The summed E-state index contributed by atoms with van der Waals surface area (Å²) in [4.78, 5) is 17.1. The van der Waals surface area contributed by atoms with Crippen molar-refractivity contribution in [2.45, 2.75) is 13.8 Å². The van der Waals surface area contributed by atoms with Gasteiger partial charge in [0.05, 0.1) is 29.6 Å². The van der Waals surface area contributed by atoms with E-state index in [1.165, 1.54) is 7.11 Å². The van der Waals surface area contributed by atoms with Crippen molar-refractivity contribution < 1.29 is 42.3 Å². The van der Waals surface area contributed by atoms with Crippen LogP contribution in [-0.4, -0.2) is 22.6 Å². The first kappa shape index (κ1) is 18.6. The molecule has 0 saturated heterocycles. The maximum atomic E-state index is 12.3. The molecule has 6 nitrogen and oxygen atoms in total. The van der Waals surface area contributed by atoms with Crippen LogP contribution in [-0.2, 0) is 37.5 Å². The fraction of sp³-hybridized carbons (Fsp3) is 0.176. The van der Waals surface area contributed by atoms with Gasteiger partial charge in [0.2, 0.25) is 0 Å². The largest absolute Gasteiger partial charge is 0.376 e. The molecule has 0 spiro atoms. The van der Waals surface area contributed by atoms with Crippen molar-refractivity contribution in [3.05, 3.63) is 59.4 Å². The van der Waals surface area contributed by atoms with Gasteiger partial charge in [-0.15, -0.1) is 11.6 Å². The molecule has 121 valence electrons. The third-order valence-corrected chi connectivity index (χ3v) is 3.68. The minimum absolute atomic E-state index is 0. The van der Waals surface area contributed by atoms with Crippen molar-refractivity contribution in [3.63, 3.8) is 0 Å². The van der Waals surface area contributed by atoms with E-state index in [1.807, 2.05) is 38.1 Å². The SMILES string of the molecule is CONC(=O)c1cc2ccnn2c(C)c1Nc1cc[c-]cc1C.[Y]. The molecule has 0 aliphatic heterocycles. The van der Waals surface area contributed by atoms with Crippen molar-refractivity contribution in [2.75, 3.05) is 12.4 Å². The molecule has 24 heavy (non-hydrogen) atoms. The number of rotatable bonds is 4. The number of aryl methyl sites for hydroxylation is 2. The van der Waals surface area contributed by atoms with Gasteiger partial charge in [0.15, 0.2) is 0 Å². The van der Waals surface area contributed by atoms with Gasteiger partial charge in [-0.2, -0.15) is 23.3 Å².